The Balaban J connectivity index is 1.47. The standard InChI is InChI=1S/C16H17ClFN3O3S/c17-13-7-11(18)1-2-14(13)24-9-15(22)20-16-19-12(10-25-16)8-21-3-5-23-6-4-21/h1-2,7,10H,3-6,8-9H2,(H,19,20,22). The Morgan fingerprint density at radius 3 is 3.00 bits per heavy atom. The van der Waals surface area contributed by atoms with Gasteiger partial charge in [0.15, 0.2) is 11.7 Å². The fourth-order valence-electron chi connectivity index (χ4n) is 2.32. The summed E-state index contributed by atoms with van der Waals surface area (Å²) in [5.74, 6) is -0.560. The number of carbonyl (C=O) groups is 1. The molecular weight excluding hydrogens is 369 g/mol. The summed E-state index contributed by atoms with van der Waals surface area (Å²) in [6, 6.07) is 3.74. The fourth-order valence-corrected chi connectivity index (χ4v) is 3.26. The van der Waals surface area contributed by atoms with Crippen molar-refractivity contribution in [1.82, 2.24) is 9.88 Å². The summed E-state index contributed by atoms with van der Waals surface area (Å²) in [5, 5.41) is 5.24. The van der Waals surface area contributed by atoms with E-state index in [1.807, 2.05) is 5.38 Å². The van der Waals surface area contributed by atoms with Crippen LogP contribution in [0.2, 0.25) is 5.02 Å². The topological polar surface area (TPSA) is 63.7 Å². The molecule has 1 aromatic carbocycles. The number of rotatable bonds is 6. The molecule has 1 saturated heterocycles. The molecule has 2 heterocycles. The molecule has 0 radical (unpaired) electrons. The number of benzene rings is 1. The lowest BCUT2D eigenvalue weighted by molar-refractivity contribution is -0.118. The van der Waals surface area contributed by atoms with Crippen LogP contribution in [0, 0.1) is 5.82 Å². The van der Waals surface area contributed by atoms with Crippen LogP contribution in [0.5, 0.6) is 5.75 Å². The number of thiazole rings is 1. The van der Waals surface area contributed by atoms with Crippen molar-refractivity contribution < 1.29 is 18.7 Å². The fraction of sp³-hybridized carbons (Fsp3) is 0.375. The first-order valence-electron chi connectivity index (χ1n) is 7.72. The zero-order valence-corrected chi connectivity index (χ0v) is 14.9. The molecule has 3 rings (SSSR count). The Morgan fingerprint density at radius 2 is 2.24 bits per heavy atom. The molecule has 25 heavy (non-hydrogen) atoms. The van der Waals surface area contributed by atoms with Crippen LogP contribution in [0.1, 0.15) is 5.69 Å². The molecule has 0 bridgehead atoms. The normalized spacial score (nSPS) is 15.1. The number of ether oxygens (including phenoxy) is 2. The Bertz CT molecular complexity index is 737. The van der Waals surface area contributed by atoms with Gasteiger partial charge in [-0.2, -0.15) is 0 Å². The van der Waals surface area contributed by atoms with Crippen LogP contribution in [-0.4, -0.2) is 48.7 Å². The molecule has 0 aliphatic carbocycles. The van der Waals surface area contributed by atoms with E-state index in [0.29, 0.717) is 5.13 Å². The number of anilines is 1. The van der Waals surface area contributed by atoms with Crippen molar-refractivity contribution in [3.8, 4) is 5.75 Å². The summed E-state index contributed by atoms with van der Waals surface area (Å²) in [6.07, 6.45) is 0. The Kier molecular flexibility index (Phi) is 6.19. The van der Waals surface area contributed by atoms with Crippen LogP contribution in [0.15, 0.2) is 23.6 Å². The van der Waals surface area contributed by atoms with E-state index in [4.69, 9.17) is 21.1 Å². The predicted molar refractivity (Wildman–Crippen MR) is 93.7 cm³/mol. The summed E-state index contributed by atoms with van der Waals surface area (Å²) in [7, 11) is 0. The second-order valence-corrected chi connectivity index (χ2v) is 6.71. The van der Waals surface area contributed by atoms with Crippen molar-refractivity contribution in [2.45, 2.75) is 6.54 Å². The molecule has 1 aliphatic rings. The van der Waals surface area contributed by atoms with E-state index in [2.05, 4.69) is 15.2 Å². The van der Waals surface area contributed by atoms with E-state index < -0.39 is 5.82 Å². The van der Waals surface area contributed by atoms with Crippen LogP contribution in [0.3, 0.4) is 0 Å². The Morgan fingerprint density at radius 1 is 1.44 bits per heavy atom. The molecule has 134 valence electrons. The van der Waals surface area contributed by atoms with Gasteiger partial charge in [0.2, 0.25) is 0 Å². The molecule has 1 fully saturated rings. The molecule has 1 N–H and O–H groups in total. The number of morpholine rings is 1. The average molecular weight is 386 g/mol. The maximum atomic E-state index is 13.0. The SMILES string of the molecule is O=C(COc1ccc(F)cc1Cl)Nc1nc(CN2CCOCC2)cs1. The zero-order valence-electron chi connectivity index (χ0n) is 13.3. The number of aromatic nitrogens is 1. The van der Waals surface area contributed by atoms with Gasteiger partial charge in [-0.3, -0.25) is 15.0 Å². The molecule has 0 unspecified atom stereocenters. The molecule has 6 nitrogen and oxygen atoms in total. The monoisotopic (exact) mass is 385 g/mol. The number of hydrogen-bond acceptors (Lipinski definition) is 6. The summed E-state index contributed by atoms with van der Waals surface area (Å²) >= 11 is 7.21. The molecule has 0 saturated carbocycles. The number of amides is 1. The zero-order chi connectivity index (χ0) is 17.6. The molecule has 0 spiro atoms. The largest absolute Gasteiger partial charge is 0.482 e. The number of nitrogens with one attached hydrogen (secondary N) is 1. The lowest BCUT2D eigenvalue weighted by Crippen LogP contribution is -2.35. The third-order valence-electron chi connectivity index (χ3n) is 3.54. The lowest BCUT2D eigenvalue weighted by atomic mass is 10.3. The molecule has 1 amide bonds. The van der Waals surface area contributed by atoms with Gasteiger partial charge in [0, 0.05) is 25.0 Å². The number of halogens is 2. The highest BCUT2D eigenvalue weighted by molar-refractivity contribution is 7.13. The van der Waals surface area contributed by atoms with Gasteiger partial charge in [-0.15, -0.1) is 11.3 Å². The van der Waals surface area contributed by atoms with E-state index in [0.717, 1.165) is 44.6 Å². The Labute approximate surface area is 153 Å². The van der Waals surface area contributed by atoms with Crippen LogP contribution >= 0.6 is 22.9 Å². The van der Waals surface area contributed by atoms with Crippen LogP contribution in [-0.2, 0) is 16.1 Å². The lowest BCUT2D eigenvalue weighted by Gasteiger charge is -2.25. The summed E-state index contributed by atoms with van der Waals surface area (Å²) in [5.41, 5.74) is 0.907. The van der Waals surface area contributed by atoms with Gasteiger partial charge in [-0.25, -0.2) is 9.37 Å². The molecule has 1 aromatic heterocycles. The average Bonchev–Trinajstić information content (AvgIpc) is 3.02. The number of carbonyl (C=O) groups excluding carboxylic acids is 1. The smallest absolute Gasteiger partial charge is 0.264 e. The minimum atomic E-state index is -0.461. The van der Waals surface area contributed by atoms with E-state index in [9.17, 15) is 9.18 Å². The van der Waals surface area contributed by atoms with Crippen LogP contribution in [0.25, 0.3) is 0 Å². The first kappa shape index (κ1) is 18.1. The highest BCUT2D eigenvalue weighted by Gasteiger charge is 2.14. The van der Waals surface area contributed by atoms with E-state index in [1.54, 1.807) is 0 Å². The number of hydrogen-bond donors (Lipinski definition) is 1. The second-order valence-electron chi connectivity index (χ2n) is 5.44. The van der Waals surface area contributed by atoms with Crippen molar-refractivity contribution >= 4 is 34.0 Å². The molecule has 2 aromatic rings. The summed E-state index contributed by atoms with van der Waals surface area (Å²) in [6.45, 7) is 3.73. The van der Waals surface area contributed by atoms with Crippen LogP contribution < -0.4 is 10.1 Å². The third-order valence-corrected chi connectivity index (χ3v) is 4.64. The van der Waals surface area contributed by atoms with Gasteiger partial charge in [-0.1, -0.05) is 11.6 Å². The highest BCUT2D eigenvalue weighted by Crippen LogP contribution is 2.25. The summed E-state index contributed by atoms with van der Waals surface area (Å²) in [4.78, 5) is 18.6. The maximum absolute atomic E-state index is 13.0. The molecule has 0 atom stereocenters. The van der Waals surface area contributed by atoms with Crippen molar-refractivity contribution in [2.75, 3.05) is 38.2 Å². The highest BCUT2D eigenvalue weighted by atomic mass is 35.5. The first-order valence-corrected chi connectivity index (χ1v) is 8.98. The molecular formula is C16H17ClFN3O3S. The van der Waals surface area contributed by atoms with Crippen molar-refractivity contribution in [3.63, 3.8) is 0 Å². The van der Waals surface area contributed by atoms with Gasteiger partial charge in [0.1, 0.15) is 11.6 Å². The van der Waals surface area contributed by atoms with Gasteiger partial charge in [0.25, 0.3) is 5.91 Å². The van der Waals surface area contributed by atoms with E-state index >= 15 is 0 Å². The van der Waals surface area contributed by atoms with E-state index in [-0.39, 0.29) is 23.3 Å². The summed E-state index contributed by atoms with van der Waals surface area (Å²) < 4.78 is 23.6. The van der Waals surface area contributed by atoms with Crippen molar-refractivity contribution in [3.05, 3.63) is 40.1 Å². The molecule has 1 aliphatic heterocycles. The van der Waals surface area contributed by atoms with Gasteiger partial charge < -0.3 is 9.47 Å². The van der Waals surface area contributed by atoms with Crippen molar-refractivity contribution in [2.24, 2.45) is 0 Å². The maximum Gasteiger partial charge on any atom is 0.264 e. The second kappa shape index (κ2) is 8.57. The van der Waals surface area contributed by atoms with Crippen molar-refractivity contribution in [1.29, 1.82) is 0 Å². The van der Waals surface area contributed by atoms with Gasteiger partial charge >= 0.3 is 0 Å². The predicted octanol–water partition coefficient (Wildman–Crippen LogP) is 2.79. The van der Waals surface area contributed by atoms with Crippen LogP contribution in [0.4, 0.5) is 9.52 Å². The Hall–Kier alpha value is -1.74. The number of nitrogens with zero attached hydrogens (tertiary/aromatic N) is 2. The molecule has 9 heteroatoms. The third kappa shape index (κ3) is 5.37. The van der Waals surface area contributed by atoms with E-state index in [1.165, 1.54) is 23.5 Å². The minimum absolute atomic E-state index is 0.120. The van der Waals surface area contributed by atoms with Gasteiger partial charge in [-0.05, 0) is 18.2 Å². The van der Waals surface area contributed by atoms with Gasteiger partial charge in [0.05, 0.1) is 23.9 Å². The quantitative estimate of drug-likeness (QED) is 0.828. The minimum Gasteiger partial charge on any atom is -0.482 e. The first-order chi connectivity index (χ1) is 12.1.